The van der Waals surface area contributed by atoms with Gasteiger partial charge in [0.1, 0.15) is 11.5 Å². The van der Waals surface area contributed by atoms with Crippen LogP contribution in [0.3, 0.4) is 0 Å². The van der Waals surface area contributed by atoms with Crippen LogP contribution in [-0.2, 0) is 17.8 Å². The summed E-state index contributed by atoms with van der Waals surface area (Å²) in [4.78, 5) is 14.7. The second kappa shape index (κ2) is 5.57. The molecule has 1 aliphatic rings. The number of amides is 1. The van der Waals surface area contributed by atoms with Crippen molar-refractivity contribution in [2.75, 3.05) is 0 Å². The van der Waals surface area contributed by atoms with E-state index in [9.17, 15) is 4.79 Å². The van der Waals surface area contributed by atoms with Crippen LogP contribution in [0, 0.1) is 5.92 Å². The molecule has 0 aromatic carbocycles. The molecule has 20 heavy (non-hydrogen) atoms. The monoisotopic (exact) mass is 272 g/mol. The van der Waals surface area contributed by atoms with Gasteiger partial charge in [-0.1, -0.05) is 6.92 Å². The predicted octanol–water partition coefficient (Wildman–Crippen LogP) is 2.98. The van der Waals surface area contributed by atoms with Gasteiger partial charge in [0.25, 0.3) is 0 Å². The summed E-state index contributed by atoms with van der Waals surface area (Å²) in [6, 6.07) is 6.01. The van der Waals surface area contributed by atoms with Crippen molar-refractivity contribution in [2.24, 2.45) is 5.92 Å². The summed E-state index contributed by atoms with van der Waals surface area (Å²) in [5.74, 6) is 3.41. The minimum atomic E-state index is 0.0592. The first-order chi connectivity index (χ1) is 9.72. The molecule has 4 heteroatoms. The van der Waals surface area contributed by atoms with Gasteiger partial charge >= 0.3 is 0 Å². The molecule has 2 unspecified atom stereocenters. The predicted molar refractivity (Wildman–Crippen MR) is 76.2 cm³/mol. The molecule has 106 valence electrons. The minimum Gasteiger partial charge on any atom is -0.466 e. The highest BCUT2D eigenvalue weighted by atomic mass is 16.3. The Morgan fingerprint density at radius 3 is 3.00 bits per heavy atom. The molecule has 0 aliphatic heterocycles. The van der Waals surface area contributed by atoms with E-state index in [1.165, 1.54) is 6.42 Å². The third-order valence-corrected chi connectivity index (χ3v) is 3.91. The first kappa shape index (κ1) is 13.0. The van der Waals surface area contributed by atoms with E-state index in [0.29, 0.717) is 25.3 Å². The third kappa shape index (κ3) is 3.13. The topological polar surface area (TPSA) is 58.0 Å². The van der Waals surface area contributed by atoms with Crippen LogP contribution in [0.5, 0.6) is 0 Å². The summed E-state index contributed by atoms with van der Waals surface area (Å²) in [5.41, 5.74) is 1.08. The highest BCUT2D eigenvalue weighted by molar-refractivity contribution is 5.76. The fourth-order valence-corrected chi connectivity index (χ4v) is 2.44. The Morgan fingerprint density at radius 2 is 2.30 bits per heavy atom. The third-order valence-electron chi connectivity index (χ3n) is 3.91. The SMILES string of the molecule is CC1CC1c1ccc(CCC(=O)NCc2cc[nH]c2)o1. The highest BCUT2D eigenvalue weighted by Crippen LogP contribution is 2.47. The highest BCUT2D eigenvalue weighted by Gasteiger charge is 2.36. The average Bonchev–Trinajstić information content (AvgIpc) is 2.92. The van der Waals surface area contributed by atoms with Gasteiger partial charge in [-0.05, 0) is 36.1 Å². The Balaban J connectivity index is 1.42. The van der Waals surface area contributed by atoms with Gasteiger partial charge in [0.15, 0.2) is 0 Å². The van der Waals surface area contributed by atoms with Gasteiger partial charge in [-0.2, -0.15) is 0 Å². The number of hydrogen-bond acceptors (Lipinski definition) is 2. The van der Waals surface area contributed by atoms with Crippen LogP contribution in [0.2, 0.25) is 0 Å². The molecule has 3 rings (SSSR count). The zero-order chi connectivity index (χ0) is 13.9. The number of H-pyrrole nitrogens is 1. The van der Waals surface area contributed by atoms with E-state index in [1.54, 1.807) is 0 Å². The van der Waals surface area contributed by atoms with Crippen molar-refractivity contribution in [1.82, 2.24) is 10.3 Å². The van der Waals surface area contributed by atoms with Crippen molar-refractivity contribution in [3.05, 3.63) is 47.7 Å². The van der Waals surface area contributed by atoms with Gasteiger partial charge in [0.05, 0.1) is 0 Å². The quantitative estimate of drug-likeness (QED) is 0.849. The lowest BCUT2D eigenvalue weighted by Crippen LogP contribution is -2.22. The average molecular weight is 272 g/mol. The molecule has 0 saturated heterocycles. The van der Waals surface area contributed by atoms with E-state index in [-0.39, 0.29) is 5.91 Å². The lowest BCUT2D eigenvalue weighted by Gasteiger charge is -2.02. The van der Waals surface area contributed by atoms with E-state index in [4.69, 9.17) is 4.42 Å². The van der Waals surface area contributed by atoms with Crippen molar-refractivity contribution in [1.29, 1.82) is 0 Å². The number of aryl methyl sites for hydroxylation is 1. The Hall–Kier alpha value is -1.97. The molecule has 2 heterocycles. The van der Waals surface area contributed by atoms with Crippen LogP contribution < -0.4 is 5.32 Å². The summed E-state index contributed by atoms with van der Waals surface area (Å²) in [6.45, 7) is 2.81. The largest absolute Gasteiger partial charge is 0.466 e. The van der Waals surface area contributed by atoms with E-state index >= 15 is 0 Å². The Kier molecular flexibility index (Phi) is 3.63. The van der Waals surface area contributed by atoms with Gasteiger partial charge in [0.2, 0.25) is 5.91 Å². The molecular formula is C16H20N2O2. The van der Waals surface area contributed by atoms with Gasteiger partial charge in [-0.3, -0.25) is 4.79 Å². The zero-order valence-corrected chi connectivity index (χ0v) is 11.7. The molecule has 1 amide bonds. The van der Waals surface area contributed by atoms with Crippen molar-refractivity contribution in [3.63, 3.8) is 0 Å². The second-order valence-electron chi connectivity index (χ2n) is 5.62. The molecular weight excluding hydrogens is 252 g/mol. The summed E-state index contributed by atoms with van der Waals surface area (Å²) < 4.78 is 5.79. The van der Waals surface area contributed by atoms with Crippen LogP contribution >= 0.6 is 0 Å². The summed E-state index contributed by atoms with van der Waals surface area (Å²) in [6.07, 6.45) is 6.10. The maximum atomic E-state index is 11.8. The fourth-order valence-electron chi connectivity index (χ4n) is 2.44. The van der Waals surface area contributed by atoms with Crippen LogP contribution in [0.1, 0.15) is 42.8 Å². The van der Waals surface area contributed by atoms with Gasteiger partial charge < -0.3 is 14.7 Å². The van der Waals surface area contributed by atoms with E-state index in [1.807, 2.05) is 24.5 Å². The number of rotatable bonds is 6. The number of carbonyl (C=O) groups is 1. The smallest absolute Gasteiger partial charge is 0.220 e. The van der Waals surface area contributed by atoms with Crippen LogP contribution in [0.4, 0.5) is 0 Å². The first-order valence-electron chi connectivity index (χ1n) is 7.19. The van der Waals surface area contributed by atoms with Crippen molar-refractivity contribution in [2.45, 2.75) is 38.6 Å². The number of nitrogens with one attached hydrogen (secondary N) is 2. The lowest BCUT2D eigenvalue weighted by atomic mass is 10.2. The normalized spacial score (nSPS) is 20.9. The molecule has 1 saturated carbocycles. The first-order valence-corrected chi connectivity index (χ1v) is 7.19. The molecule has 0 radical (unpaired) electrons. The van der Waals surface area contributed by atoms with Crippen molar-refractivity contribution >= 4 is 5.91 Å². The van der Waals surface area contributed by atoms with E-state index in [2.05, 4.69) is 23.3 Å². The van der Waals surface area contributed by atoms with E-state index < -0.39 is 0 Å². The zero-order valence-electron chi connectivity index (χ0n) is 11.7. The number of carbonyl (C=O) groups excluding carboxylic acids is 1. The van der Waals surface area contributed by atoms with Gasteiger partial charge in [-0.25, -0.2) is 0 Å². The van der Waals surface area contributed by atoms with E-state index in [0.717, 1.165) is 23.0 Å². The lowest BCUT2D eigenvalue weighted by molar-refractivity contribution is -0.121. The molecule has 2 aromatic heterocycles. The van der Waals surface area contributed by atoms with Crippen molar-refractivity contribution in [3.8, 4) is 0 Å². The number of aromatic nitrogens is 1. The Morgan fingerprint density at radius 1 is 1.45 bits per heavy atom. The summed E-state index contributed by atoms with van der Waals surface area (Å²) >= 11 is 0. The molecule has 1 fully saturated rings. The molecule has 2 aromatic rings. The molecule has 0 bridgehead atoms. The molecule has 0 spiro atoms. The Labute approximate surface area is 118 Å². The number of furan rings is 1. The minimum absolute atomic E-state index is 0.0592. The fraction of sp³-hybridized carbons (Fsp3) is 0.438. The van der Waals surface area contributed by atoms with Crippen molar-refractivity contribution < 1.29 is 9.21 Å². The molecule has 2 atom stereocenters. The Bertz CT molecular complexity index is 571. The summed E-state index contributed by atoms with van der Waals surface area (Å²) in [5, 5.41) is 2.90. The van der Waals surface area contributed by atoms with Gasteiger partial charge in [0, 0.05) is 37.7 Å². The van der Waals surface area contributed by atoms with Crippen LogP contribution in [0.25, 0.3) is 0 Å². The summed E-state index contributed by atoms with van der Waals surface area (Å²) in [7, 11) is 0. The molecule has 2 N–H and O–H groups in total. The maximum absolute atomic E-state index is 11.8. The maximum Gasteiger partial charge on any atom is 0.220 e. The number of aromatic amines is 1. The molecule has 4 nitrogen and oxygen atoms in total. The van der Waals surface area contributed by atoms with Gasteiger partial charge in [-0.15, -0.1) is 0 Å². The van der Waals surface area contributed by atoms with Crippen LogP contribution in [0.15, 0.2) is 35.0 Å². The second-order valence-corrected chi connectivity index (χ2v) is 5.62. The standard InChI is InChI=1S/C16H20N2O2/c1-11-8-14(11)15-4-2-13(20-15)3-5-16(19)18-10-12-6-7-17-9-12/h2,4,6-7,9,11,14,17H,3,5,8,10H2,1H3,(H,18,19). The number of hydrogen-bond donors (Lipinski definition) is 2. The molecule has 1 aliphatic carbocycles. The van der Waals surface area contributed by atoms with Crippen LogP contribution in [-0.4, -0.2) is 10.9 Å².